The van der Waals surface area contributed by atoms with Gasteiger partial charge in [0.15, 0.2) is 0 Å². The molecule has 1 aliphatic heterocycles. The number of carbonyl (C=O) groups excluding carboxylic acids is 2. The third-order valence-corrected chi connectivity index (χ3v) is 6.15. The Morgan fingerprint density at radius 1 is 1.23 bits per heavy atom. The van der Waals surface area contributed by atoms with Gasteiger partial charge in [-0.15, -0.1) is 11.3 Å². The van der Waals surface area contributed by atoms with Gasteiger partial charge in [-0.2, -0.15) is 0 Å². The second-order valence-electron chi connectivity index (χ2n) is 7.02. The quantitative estimate of drug-likeness (QED) is 0.213. The van der Waals surface area contributed by atoms with Gasteiger partial charge in [0.2, 0.25) is 0 Å². The lowest BCUT2D eigenvalue weighted by molar-refractivity contribution is -0.384. The predicted octanol–water partition coefficient (Wildman–Crippen LogP) is 3.98. The molecule has 1 saturated heterocycles. The maximum atomic E-state index is 13.0. The van der Waals surface area contributed by atoms with Crippen LogP contribution in [0.15, 0.2) is 65.7 Å². The molecule has 1 aromatic carbocycles. The summed E-state index contributed by atoms with van der Waals surface area (Å²) in [5, 5.41) is 24.0. The second-order valence-corrected chi connectivity index (χ2v) is 7.97. The number of ketones is 1. The summed E-state index contributed by atoms with van der Waals surface area (Å²) in [6, 6.07) is 11.7. The van der Waals surface area contributed by atoms with E-state index < -0.39 is 28.4 Å². The molecule has 4 rings (SSSR count). The Labute approximate surface area is 181 Å². The Hall–Kier alpha value is -3.85. The standard InChI is InChI=1S/C22H17N3O5S/c1-13-8-10-31-21(13)18-17(19(26)14-5-4-7-16(11-14)25(29)30)20(27)22(28)24(18)12-15-6-2-3-9-23-15/h2-11,18,26H,12H2,1H3/b19-17-. The summed E-state index contributed by atoms with van der Waals surface area (Å²) < 4.78 is 0. The van der Waals surface area contributed by atoms with Crippen molar-refractivity contribution in [1.82, 2.24) is 9.88 Å². The summed E-state index contributed by atoms with van der Waals surface area (Å²) in [5.74, 6) is -2.03. The van der Waals surface area contributed by atoms with E-state index in [9.17, 15) is 24.8 Å². The summed E-state index contributed by atoms with van der Waals surface area (Å²) >= 11 is 1.37. The van der Waals surface area contributed by atoms with Crippen LogP contribution >= 0.6 is 11.3 Å². The van der Waals surface area contributed by atoms with Gasteiger partial charge in [0.05, 0.1) is 22.7 Å². The van der Waals surface area contributed by atoms with Crippen molar-refractivity contribution in [2.24, 2.45) is 0 Å². The highest BCUT2D eigenvalue weighted by Gasteiger charge is 2.47. The summed E-state index contributed by atoms with van der Waals surface area (Å²) in [5.41, 5.74) is 1.25. The molecule has 0 bridgehead atoms. The average Bonchev–Trinajstić information content (AvgIpc) is 3.30. The van der Waals surface area contributed by atoms with Crippen LogP contribution in [0.2, 0.25) is 0 Å². The van der Waals surface area contributed by atoms with Crippen LogP contribution in [0.5, 0.6) is 0 Å². The minimum atomic E-state index is -0.835. The molecule has 1 N–H and O–H groups in total. The Kier molecular flexibility index (Phi) is 5.35. The van der Waals surface area contributed by atoms with Gasteiger partial charge in [0.1, 0.15) is 11.8 Å². The molecule has 0 saturated carbocycles. The molecule has 0 spiro atoms. The lowest BCUT2D eigenvalue weighted by Gasteiger charge is -2.24. The first-order chi connectivity index (χ1) is 14.9. The van der Waals surface area contributed by atoms with Gasteiger partial charge in [-0.25, -0.2) is 0 Å². The summed E-state index contributed by atoms with van der Waals surface area (Å²) in [6.45, 7) is 1.94. The number of amides is 1. The number of non-ortho nitro benzene ring substituents is 1. The molecule has 1 fully saturated rings. The van der Waals surface area contributed by atoms with Crippen molar-refractivity contribution in [2.75, 3.05) is 0 Å². The van der Waals surface area contributed by atoms with E-state index in [4.69, 9.17) is 0 Å². The third-order valence-electron chi connectivity index (χ3n) is 5.08. The molecule has 8 nitrogen and oxygen atoms in total. The van der Waals surface area contributed by atoms with E-state index in [0.717, 1.165) is 10.4 Å². The van der Waals surface area contributed by atoms with Gasteiger partial charge >= 0.3 is 0 Å². The minimum Gasteiger partial charge on any atom is -0.507 e. The van der Waals surface area contributed by atoms with E-state index in [0.29, 0.717) is 5.69 Å². The highest BCUT2D eigenvalue weighted by Crippen LogP contribution is 2.43. The van der Waals surface area contributed by atoms with E-state index in [1.54, 1.807) is 24.4 Å². The van der Waals surface area contributed by atoms with E-state index in [-0.39, 0.29) is 23.4 Å². The fourth-order valence-corrected chi connectivity index (χ4v) is 4.62. The van der Waals surface area contributed by atoms with Crippen LogP contribution in [0.25, 0.3) is 5.76 Å². The third kappa shape index (κ3) is 3.71. The number of carbonyl (C=O) groups is 2. The first kappa shape index (κ1) is 20.4. The molecule has 156 valence electrons. The van der Waals surface area contributed by atoms with Gasteiger partial charge in [-0.1, -0.05) is 18.2 Å². The van der Waals surface area contributed by atoms with Gasteiger partial charge in [0, 0.05) is 28.8 Å². The largest absolute Gasteiger partial charge is 0.507 e. The van der Waals surface area contributed by atoms with Crippen LogP contribution in [-0.2, 0) is 16.1 Å². The average molecular weight is 435 g/mol. The van der Waals surface area contributed by atoms with Crippen molar-refractivity contribution in [1.29, 1.82) is 0 Å². The van der Waals surface area contributed by atoms with Crippen molar-refractivity contribution < 1.29 is 19.6 Å². The number of thiophene rings is 1. The van der Waals surface area contributed by atoms with E-state index >= 15 is 0 Å². The van der Waals surface area contributed by atoms with Gasteiger partial charge < -0.3 is 10.0 Å². The van der Waals surface area contributed by atoms with Crippen molar-refractivity contribution in [3.8, 4) is 0 Å². The van der Waals surface area contributed by atoms with E-state index in [1.165, 1.54) is 40.5 Å². The number of hydrogen-bond donors (Lipinski definition) is 1. The zero-order valence-corrected chi connectivity index (χ0v) is 17.2. The number of aliphatic hydroxyl groups is 1. The number of rotatable bonds is 5. The highest BCUT2D eigenvalue weighted by molar-refractivity contribution is 7.10. The topological polar surface area (TPSA) is 114 Å². The molecule has 3 aromatic rings. The van der Waals surface area contributed by atoms with Crippen molar-refractivity contribution >= 4 is 34.5 Å². The number of nitro benzene ring substituents is 1. The summed E-state index contributed by atoms with van der Waals surface area (Å²) in [7, 11) is 0. The maximum Gasteiger partial charge on any atom is 0.296 e. The normalized spacial score (nSPS) is 17.8. The van der Waals surface area contributed by atoms with Crippen molar-refractivity contribution in [3.63, 3.8) is 0 Å². The number of pyridine rings is 1. The Bertz CT molecular complexity index is 1220. The molecule has 1 atom stereocenters. The molecule has 0 radical (unpaired) electrons. The Balaban J connectivity index is 1.87. The number of nitro groups is 1. The molecule has 31 heavy (non-hydrogen) atoms. The SMILES string of the molecule is Cc1ccsc1C1/C(=C(/O)c2cccc([N+](=O)[O-])c2)C(=O)C(=O)N1Cc1ccccn1. The fraction of sp³-hybridized carbons (Fsp3) is 0.136. The predicted molar refractivity (Wildman–Crippen MR) is 114 cm³/mol. The number of benzene rings is 1. The number of hydrogen-bond acceptors (Lipinski definition) is 7. The van der Waals surface area contributed by atoms with Gasteiger partial charge in [-0.3, -0.25) is 24.7 Å². The van der Waals surface area contributed by atoms with Crippen molar-refractivity contribution in [2.45, 2.75) is 19.5 Å². The van der Waals surface area contributed by atoms with Gasteiger partial charge in [-0.05, 0) is 36.1 Å². The monoisotopic (exact) mass is 435 g/mol. The number of aromatic nitrogens is 1. The smallest absolute Gasteiger partial charge is 0.296 e. The van der Waals surface area contributed by atoms with E-state index in [1.807, 2.05) is 18.4 Å². The van der Waals surface area contributed by atoms with Crippen LogP contribution < -0.4 is 0 Å². The maximum absolute atomic E-state index is 13.0. The fourth-order valence-electron chi connectivity index (χ4n) is 3.57. The minimum absolute atomic E-state index is 0.0825. The Morgan fingerprint density at radius 2 is 2.03 bits per heavy atom. The molecule has 1 amide bonds. The first-order valence-corrected chi connectivity index (χ1v) is 10.2. The van der Waals surface area contributed by atoms with E-state index in [2.05, 4.69) is 4.98 Å². The zero-order valence-electron chi connectivity index (χ0n) is 16.4. The zero-order chi connectivity index (χ0) is 22.1. The number of nitrogens with zero attached hydrogens (tertiary/aromatic N) is 3. The van der Waals surface area contributed by atoms with Crippen LogP contribution in [0.1, 0.15) is 27.7 Å². The van der Waals surface area contributed by atoms with Crippen LogP contribution in [-0.4, -0.2) is 31.6 Å². The molecule has 9 heteroatoms. The number of likely N-dealkylation sites (tertiary alicyclic amines) is 1. The lowest BCUT2D eigenvalue weighted by Crippen LogP contribution is -2.29. The second kappa shape index (κ2) is 8.11. The number of aryl methyl sites for hydroxylation is 1. The van der Waals surface area contributed by atoms with Gasteiger partial charge in [0.25, 0.3) is 17.4 Å². The first-order valence-electron chi connectivity index (χ1n) is 9.35. The highest BCUT2D eigenvalue weighted by atomic mass is 32.1. The molecule has 1 aliphatic rings. The summed E-state index contributed by atoms with van der Waals surface area (Å²) in [4.78, 5) is 42.9. The number of Topliss-reactive ketones (excluding diaryl/α,β-unsaturated/α-hetero) is 1. The van der Waals surface area contributed by atoms with Crippen LogP contribution in [0.3, 0.4) is 0 Å². The van der Waals surface area contributed by atoms with Crippen LogP contribution in [0.4, 0.5) is 5.69 Å². The van der Waals surface area contributed by atoms with Crippen LogP contribution in [0, 0.1) is 17.0 Å². The van der Waals surface area contributed by atoms with Crippen molar-refractivity contribution in [3.05, 3.63) is 97.5 Å². The number of aliphatic hydroxyl groups excluding tert-OH is 1. The Morgan fingerprint density at radius 3 is 2.68 bits per heavy atom. The molecular weight excluding hydrogens is 418 g/mol. The molecule has 3 heterocycles. The lowest BCUT2D eigenvalue weighted by atomic mass is 9.98. The molecule has 2 aromatic heterocycles. The summed E-state index contributed by atoms with van der Waals surface area (Å²) in [6.07, 6.45) is 1.60. The molecular formula is C22H17N3O5S. The molecule has 1 unspecified atom stereocenters. The molecule has 0 aliphatic carbocycles.